The number of nitrogens with two attached hydrogens (primary N) is 1. The van der Waals surface area contributed by atoms with Crippen LogP contribution in [0.1, 0.15) is 19.3 Å². The summed E-state index contributed by atoms with van der Waals surface area (Å²) < 4.78 is 29.8. The zero-order valence-corrected chi connectivity index (χ0v) is 15.4. The van der Waals surface area contributed by atoms with Crippen LogP contribution in [0.15, 0.2) is 30.5 Å². The van der Waals surface area contributed by atoms with E-state index in [9.17, 15) is 8.42 Å². The second kappa shape index (κ2) is 6.74. The maximum Gasteiger partial charge on any atom is 0.225 e. The molecule has 27 heavy (non-hydrogen) atoms. The summed E-state index contributed by atoms with van der Waals surface area (Å²) in [5, 5.41) is 16.1. The summed E-state index contributed by atoms with van der Waals surface area (Å²) in [5.41, 5.74) is 1.90. The minimum Gasteiger partial charge on any atom is -0.497 e. The van der Waals surface area contributed by atoms with Crippen LogP contribution in [-0.2, 0) is 10.0 Å². The van der Waals surface area contributed by atoms with Crippen molar-refractivity contribution in [3.63, 3.8) is 0 Å². The van der Waals surface area contributed by atoms with Gasteiger partial charge in [-0.1, -0.05) is 5.21 Å². The number of nitrogens with one attached hydrogen (secondary N) is 1. The SMILES string of the molecule is COc1ccc(-n2nnc3cnc(N[C@@H]4CC[C@@H](S(N)(=O)=O)C4)nc32)cc1. The smallest absolute Gasteiger partial charge is 0.225 e. The maximum absolute atomic E-state index is 11.5. The van der Waals surface area contributed by atoms with Crippen LogP contribution in [-0.4, -0.2) is 51.8 Å². The van der Waals surface area contributed by atoms with Crippen molar-refractivity contribution in [2.45, 2.75) is 30.6 Å². The quantitative estimate of drug-likeness (QED) is 0.655. The Kier molecular flexibility index (Phi) is 4.40. The van der Waals surface area contributed by atoms with E-state index in [1.54, 1.807) is 18.0 Å². The second-order valence-electron chi connectivity index (χ2n) is 6.47. The highest BCUT2D eigenvalue weighted by Crippen LogP contribution is 2.26. The molecule has 0 bridgehead atoms. The third-order valence-corrected chi connectivity index (χ3v) is 6.05. The molecule has 0 unspecified atom stereocenters. The first-order chi connectivity index (χ1) is 12.9. The van der Waals surface area contributed by atoms with Crippen molar-refractivity contribution in [3.8, 4) is 11.4 Å². The van der Waals surface area contributed by atoms with Crippen molar-refractivity contribution < 1.29 is 13.2 Å². The Morgan fingerprint density at radius 2 is 2.04 bits per heavy atom. The van der Waals surface area contributed by atoms with Crippen LogP contribution in [0, 0.1) is 0 Å². The van der Waals surface area contributed by atoms with Crippen molar-refractivity contribution in [2.24, 2.45) is 5.14 Å². The van der Waals surface area contributed by atoms with Crippen molar-refractivity contribution in [1.29, 1.82) is 0 Å². The topological polar surface area (TPSA) is 138 Å². The molecular weight excluding hydrogens is 370 g/mol. The molecule has 3 N–H and O–H groups in total. The van der Waals surface area contributed by atoms with E-state index >= 15 is 0 Å². The van der Waals surface area contributed by atoms with E-state index in [4.69, 9.17) is 9.88 Å². The predicted molar refractivity (Wildman–Crippen MR) is 99.2 cm³/mol. The average molecular weight is 389 g/mol. The van der Waals surface area contributed by atoms with Crippen molar-refractivity contribution >= 4 is 27.1 Å². The fourth-order valence-corrected chi connectivity index (χ4v) is 4.21. The van der Waals surface area contributed by atoms with Gasteiger partial charge in [-0.2, -0.15) is 9.67 Å². The zero-order valence-electron chi connectivity index (χ0n) is 14.6. The number of sulfonamides is 1. The molecule has 0 radical (unpaired) electrons. The summed E-state index contributed by atoms with van der Waals surface area (Å²) in [5.74, 6) is 1.14. The Hall–Kier alpha value is -2.79. The Labute approximate surface area is 155 Å². The maximum atomic E-state index is 11.5. The summed E-state index contributed by atoms with van der Waals surface area (Å²) >= 11 is 0. The van der Waals surface area contributed by atoms with E-state index in [2.05, 4.69) is 25.6 Å². The standard InChI is InChI=1S/C16H19N7O3S/c1-26-12-5-3-11(4-6-12)23-15-14(21-22-23)9-18-16(20-15)19-10-2-7-13(8-10)27(17,24)25/h3-6,9-10,13H,2,7-8H2,1H3,(H2,17,24,25)(H,18,19,20)/t10-,13-/m1/s1. The molecule has 0 aliphatic heterocycles. The lowest BCUT2D eigenvalue weighted by Crippen LogP contribution is -2.28. The van der Waals surface area contributed by atoms with Gasteiger partial charge in [0.2, 0.25) is 16.0 Å². The molecule has 0 amide bonds. The van der Waals surface area contributed by atoms with Gasteiger partial charge in [0.1, 0.15) is 5.75 Å². The van der Waals surface area contributed by atoms with Crippen LogP contribution in [0.3, 0.4) is 0 Å². The minimum absolute atomic E-state index is 0.0453. The fourth-order valence-electron chi connectivity index (χ4n) is 3.25. The third-order valence-electron chi connectivity index (χ3n) is 4.69. The highest BCUT2D eigenvalue weighted by molar-refractivity contribution is 7.89. The molecule has 3 aromatic rings. The van der Waals surface area contributed by atoms with Gasteiger partial charge in [0, 0.05) is 6.04 Å². The molecule has 0 spiro atoms. The lowest BCUT2D eigenvalue weighted by atomic mass is 10.2. The van der Waals surface area contributed by atoms with Crippen LogP contribution in [0.4, 0.5) is 5.95 Å². The van der Waals surface area contributed by atoms with Gasteiger partial charge in [-0.15, -0.1) is 5.10 Å². The summed E-state index contributed by atoms with van der Waals surface area (Å²) in [7, 11) is -1.91. The average Bonchev–Trinajstić information content (AvgIpc) is 3.28. The van der Waals surface area contributed by atoms with E-state index in [0.29, 0.717) is 36.4 Å². The van der Waals surface area contributed by atoms with Gasteiger partial charge in [-0.05, 0) is 43.5 Å². The predicted octanol–water partition coefficient (Wildman–Crippen LogP) is 0.841. The van der Waals surface area contributed by atoms with E-state index < -0.39 is 15.3 Å². The summed E-state index contributed by atoms with van der Waals surface area (Å²) in [6.07, 6.45) is 3.25. The summed E-state index contributed by atoms with van der Waals surface area (Å²) in [6.45, 7) is 0. The number of aromatic nitrogens is 5. The molecule has 2 aromatic heterocycles. The van der Waals surface area contributed by atoms with Gasteiger partial charge in [0.05, 0.1) is 24.2 Å². The molecule has 11 heteroatoms. The molecule has 142 valence electrons. The number of primary sulfonamides is 1. The van der Waals surface area contributed by atoms with E-state index in [1.807, 2.05) is 24.3 Å². The number of methoxy groups -OCH3 is 1. The molecule has 10 nitrogen and oxygen atoms in total. The number of hydrogen-bond acceptors (Lipinski definition) is 8. The minimum atomic E-state index is -3.52. The van der Waals surface area contributed by atoms with E-state index in [1.165, 1.54) is 0 Å². The van der Waals surface area contributed by atoms with Gasteiger partial charge in [-0.25, -0.2) is 18.5 Å². The van der Waals surface area contributed by atoms with Gasteiger partial charge in [0.25, 0.3) is 0 Å². The molecule has 1 fully saturated rings. The van der Waals surface area contributed by atoms with Gasteiger partial charge >= 0.3 is 0 Å². The molecule has 4 rings (SSSR count). The second-order valence-corrected chi connectivity index (χ2v) is 8.31. The lowest BCUT2D eigenvalue weighted by molar-refractivity contribution is 0.414. The molecule has 1 aliphatic rings. The van der Waals surface area contributed by atoms with Crippen LogP contribution in [0.5, 0.6) is 5.75 Å². The molecule has 1 saturated carbocycles. The lowest BCUT2D eigenvalue weighted by Gasteiger charge is -2.12. The Morgan fingerprint density at radius 3 is 2.70 bits per heavy atom. The number of fused-ring (bicyclic) bond motifs is 1. The number of benzene rings is 1. The van der Waals surface area contributed by atoms with E-state index in [0.717, 1.165) is 11.4 Å². The summed E-state index contributed by atoms with van der Waals surface area (Å²) in [4.78, 5) is 8.76. The number of hydrogen-bond donors (Lipinski definition) is 2. The molecular formula is C16H19N7O3S. The van der Waals surface area contributed by atoms with Gasteiger partial charge < -0.3 is 10.1 Å². The van der Waals surface area contributed by atoms with Crippen LogP contribution in [0.25, 0.3) is 16.9 Å². The van der Waals surface area contributed by atoms with E-state index in [-0.39, 0.29) is 6.04 Å². The van der Waals surface area contributed by atoms with Crippen molar-refractivity contribution in [3.05, 3.63) is 30.5 Å². The Bertz CT molecular complexity index is 1070. The third kappa shape index (κ3) is 3.55. The Balaban J connectivity index is 1.58. The number of ether oxygens (including phenoxy) is 1. The van der Waals surface area contributed by atoms with Crippen molar-refractivity contribution in [2.75, 3.05) is 12.4 Å². The molecule has 2 atom stereocenters. The zero-order chi connectivity index (χ0) is 19.0. The summed E-state index contributed by atoms with van der Waals surface area (Å²) in [6, 6.07) is 7.33. The monoisotopic (exact) mass is 389 g/mol. The molecule has 1 aliphatic carbocycles. The molecule has 0 saturated heterocycles. The Morgan fingerprint density at radius 1 is 1.26 bits per heavy atom. The number of anilines is 1. The first-order valence-corrected chi connectivity index (χ1v) is 10.1. The normalized spacial score (nSPS) is 20.1. The highest BCUT2D eigenvalue weighted by Gasteiger charge is 2.32. The van der Waals surface area contributed by atoms with Crippen molar-refractivity contribution in [1.82, 2.24) is 25.0 Å². The fraction of sp³-hybridized carbons (Fsp3) is 0.375. The molecule has 1 aromatic carbocycles. The first-order valence-electron chi connectivity index (χ1n) is 8.45. The van der Waals surface area contributed by atoms with Crippen LogP contribution >= 0.6 is 0 Å². The first kappa shape index (κ1) is 17.6. The van der Waals surface area contributed by atoms with Gasteiger partial charge in [0.15, 0.2) is 11.2 Å². The molecule has 2 heterocycles. The van der Waals surface area contributed by atoms with Crippen LogP contribution < -0.4 is 15.2 Å². The van der Waals surface area contributed by atoms with Crippen LogP contribution in [0.2, 0.25) is 0 Å². The number of nitrogens with zero attached hydrogens (tertiary/aromatic N) is 5. The highest BCUT2D eigenvalue weighted by atomic mass is 32.2. The van der Waals surface area contributed by atoms with Gasteiger partial charge in [-0.3, -0.25) is 0 Å². The largest absolute Gasteiger partial charge is 0.497 e. The number of rotatable bonds is 5.